The van der Waals surface area contributed by atoms with Crippen molar-refractivity contribution >= 4 is 21.5 Å². The number of rotatable bonds is 7. The smallest absolute Gasteiger partial charge is 0.0780 e. The van der Waals surface area contributed by atoms with Crippen molar-refractivity contribution in [2.75, 3.05) is 0 Å². The van der Waals surface area contributed by atoms with Crippen molar-refractivity contribution in [3.05, 3.63) is 265 Å². The topological polar surface area (TPSA) is 25.8 Å². The fraction of sp³-hybridized carbons (Fsp3) is 0.0833. The second-order valence-corrected chi connectivity index (χ2v) is 21.4. The molecule has 2 aliphatic rings. The van der Waals surface area contributed by atoms with Crippen molar-refractivity contribution in [1.82, 2.24) is 9.97 Å². The van der Waals surface area contributed by atoms with Gasteiger partial charge in [-0.3, -0.25) is 9.97 Å². The van der Waals surface area contributed by atoms with Crippen LogP contribution in [0.25, 0.3) is 122 Å². The molecule has 2 heteroatoms. The first-order valence-corrected chi connectivity index (χ1v) is 25.8. The van der Waals surface area contributed by atoms with Gasteiger partial charge >= 0.3 is 0 Å². The third kappa shape index (κ3) is 7.08. The Labute approximate surface area is 433 Å². The van der Waals surface area contributed by atoms with Gasteiger partial charge in [0.05, 0.1) is 11.4 Å². The second-order valence-electron chi connectivity index (χ2n) is 21.4. The van der Waals surface area contributed by atoms with Gasteiger partial charge in [-0.2, -0.15) is 0 Å². The summed E-state index contributed by atoms with van der Waals surface area (Å²) in [6, 6.07) is 85.2. The van der Waals surface area contributed by atoms with Crippen LogP contribution < -0.4 is 0 Å². The van der Waals surface area contributed by atoms with Crippen LogP contribution in [-0.2, 0) is 10.8 Å². The fourth-order valence-electron chi connectivity index (χ4n) is 12.3. The quantitative estimate of drug-likeness (QED) is 0.159. The lowest BCUT2D eigenvalue weighted by atomic mass is 9.80. The second kappa shape index (κ2) is 16.8. The Morgan fingerprint density at radius 2 is 0.527 bits per heavy atom. The van der Waals surface area contributed by atoms with Gasteiger partial charge in [0, 0.05) is 45.1 Å². The van der Waals surface area contributed by atoms with Crippen LogP contribution in [0.4, 0.5) is 0 Å². The molecule has 14 rings (SSSR count). The van der Waals surface area contributed by atoms with Crippen LogP contribution in [0.5, 0.6) is 0 Å². The van der Waals surface area contributed by atoms with Gasteiger partial charge in [0.1, 0.15) is 0 Å². The van der Waals surface area contributed by atoms with Gasteiger partial charge in [0.2, 0.25) is 0 Å². The molecule has 0 saturated carbocycles. The summed E-state index contributed by atoms with van der Waals surface area (Å²) in [5, 5.41) is 4.75. The van der Waals surface area contributed by atoms with Crippen molar-refractivity contribution in [3.63, 3.8) is 0 Å². The summed E-state index contributed by atoms with van der Waals surface area (Å²) in [7, 11) is 0. The van der Waals surface area contributed by atoms with Gasteiger partial charge < -0.3 is 0 Å². The monoisotopic (exact) mass is 944 g/mol. The number of pyridine rings is 2. The summed E-state index contributed by atoms with van der Waals surface area (Å²) in [5.41, 5.74) is 26.9. The molecule has 0 radical (unpaired) electrons. The van der Waals surface area contributed by atoms with Gasteiger partial charge in [-0.25, -0.2) is 0 Å². The molecule has 350 valence electrons. The lowest BCUT2D eigenvalue weighted by molar-refractivity contribution is 0.660. The van der Waals surface area contributed by atoms with Crippen LogP contribution in [-0.4, -0.2) is 9.97 Å². The number of hydrogen-bond donors (Lipinski definition) is 0. The minimum Gasteiger partial charge on any atom is -0.256 e. The van der Waals surface area contributed by atoms with Gasteiger partial charge in [-0.1, -0.05) is 210 Å². The Hall–Kier alpha value is -8.98. The summed E-state index contributed by atoms with van der Waals surface area (Å²) in [6.07, 6.45) is 3.83. The van der Waals surface area contributed by atoms with E-state index in [1.54, 1.807) is 0 Å². The lowest BCUT2D eigenvalue weighted by Gasteiger charge is -2.23. The van der Waals surface area contributed by atoms with E-state index in [-0.39, 0.29) is 10.8 Å². The Morgan fingerprint density at radius 3 is 0.892 bits per heavy atom. The molecule has 0 N–H and O–H groups in total. The molecular weight excluding hydrogens is 893 g/mol. The first-order valence-electron chi connectivity index (χ1n) is 25.8. The van der Waals surface area contributed by atoms with Crippen molar-refractivity contribution in [1.29, 1.82) is 0 Å². The van der Waals surface area contributed by atoms with Gasteiger partial charge in [-0.15, -0.1) is 0 Å². The maximum absolute atomic E-state index is 4.82. The van der Waals surface area contributed by atoms with E-state index in [2.05, 4.69) is 258 Å². The molecule has 0 atom stereocenters. The molecule has 2 aromatic heterocycles. The number of aromatic nitrogens is 2. The maximum Gasteiger partial charge on any atom is 0.0780 e. The molecule has 0 fully saturated rings. The first kappa shape index (κ1) is 43.8. The predicted octanol–water partition coefficient (Wildman–Crippen LogP) is 19.1. The Bertz CT molecular complexity index is 3950. The number of nitrogens with zero attached hydrogens (tertiary/aromatic N) is 2. The number of benzene rings is 10. The van der Waals surface area contributed by atoms with Crippen LogP contribution in [0, 0.1) is 0 Å². The molecule has 2 heterocycles. The highest BCUT2D eigenvalue weighted by atomic mass is 14.7. The zero-order valence-corrected chi connectivity index (χ0v) is 42.0. The van der Waals surface area contributed by atoms with E-state index in [9.17, 15) is 0 Å². The van der Waals surface area contributed by atoms with E-state index in [4.69, 9.17) is 9.97 Å². The molecule has 0 bridgehead atoms. The highest BCUT2D eigenvalue weighted by Gasteiger charge is 2.37. The average Bonchev–Trinajstić information content (AvgIpc) is 3.87. The van der Waals surface area contributed by atoms with Crippen LogP contribution in [0.1, 0.15) is 49.9 Å². The number of fused-ring (bicyclic) bond motifs is 8. The Kier molecular flexibility index (Phi) is 9.94. The Balaban J connectivity index is 0.690. The SMILES string of the molecule is CC1(C)c2cc(-c3ccc(-c4ccc(-c5ccc6c(c5)C(C)(C)c5cc(-c7cccc(-c8nccc9ccccc89)c7)ccc5-6)cc4)cc3)ccc2-c2ccc(-c3cccc(-c4nccc5ccccc45)c3)cc21. The summed E-state index contributed by atoms with van der Waals surface area (Å²) in [6.45, 7) is 9.50. The van der Waals surface area contributed by atoms with Gasteiger partial charge in [-0.05, 0) is 159 Å². The summed E-state index contributed by atoms with van der Waals surface area (Å²) < 4.78 is 0. The average molecular weight is 945 g/mol. The highest BCUT2D eigenvalue weighted by Crippen LogP contribution is 2.52. The summed E-state index contributed by atoms with van der Waals surface area (Å²) >= 11 is 0. The minimum absolute atomic E-state index is 0.153. The van der Waals surface area contributed by atoms with Crippen LogP contribution in [0.2, 0.25) is 0 Å². The largest absolute Gasteiger partial charge is 0.256 e. The molecule has 0 aliphatic heterocycles. The first-order chi connectivity index (χ1) is 36.2. The molecule has 0 saturated heterocycles. The third-order valence-corrected chi connectivity index (χ3v) is 16.4. The zero-order chi connectivity index (χ0) is 49.7. The Morgan fingerprint density at radius 1 is 0.243 bits per heavy atom. The summed E-state index contributed by atoms with van der Waals surface area (Å²) in [5.74, 6) is 0. The molecular formula is C72H52N2. The third-order valence-electron chi connectivity index (χ3n) is 16.4. The van der Waals surface area contributed by atoms with Crippen LogP contribution >= 0.6 is 0 Å². The van der Waals surface area contributed by atoms with Crippen molar-refractivity contribution in [2.45, 2.75) is 38.5 Å². The highest BCUT2D eigenvalue weighted by molar-refractivity contribution is 5.97. The molecule has 0 spiro atoms. The predicted molar refractivity (Wildman–Crippen MR) is 310 cm³/mol. The van der Waals surface area contributed by atoms with E-state index in [1.807, 2.05) is 12.4 Å². The van der Waals surface area contributed by atoms with Crippen LogP contribution in [0.3, 0.4) is 0 Å². The molecule has 10 aromatic carbocycles. The molecule has 12 aromatic rings. The van der Waals surface area contributed by atoms with Gasteiger partial charge in [0.25, 0.3) is 0 Å². The maximum atomic E-state index is 4.82. The van der Waals surface area contributed by atoms with E-state index in [0.717, 1.165) is 22.5 Å². The molecule has 74 heavy (non-hydrogen) atoms. The normalized spacial score (nSPS) is 13.6. The standard InChI is InChI=1S/C72H52N2/c1-71(2)65-41-53(27-31-61(65)63-33-29-55(43-67(63)71)51-13-9-15-57(39-51)69-59-17-7-5-11-49(59)35-37-73-69)47-23-19-45(20-24-47)46-21-25-48(26-22-46)54-28-32-62-64-34-30-56(44-68(64)72(3,4)66(62)42-54)52-14-10-16-58(40-52)70-60-18-8-6-12-50(60)36-38-74-70/h5-44H,1-4H3. The van der Waals surface area contributed by atoms with Crippen LogP contribution in [0.15, 0.2) is 243 Å². The molecule has 2 nitrogen and oxygen atoms in total. The van der Waals surface area contributed by atoms with Crippen molar-refractivity contribution in [3.8, 4) is 100 Å². The fourth-order valence-corrected chi connectivity index (χ4v) is 12.3. The molecule has 0 amide bonds. The van der Waals surface area contributed by atoms with E-state index >= 15 is 0 Å². The van der Waals surface area contributed by atoms with E-state index < -0.39 is 0 Å². The van der Waals surface area contributed by atoms with Crippen molar-refractivity contribution < 1.29 is 0 Å². The van der Waals surface area contributed by atoms with Crippen molar-refractivity contribution in [2.24, 2.45) is 0 Å². The minimum atomic E-state index is -0.153. The van der Waals surface area contributed by atoms with E-state index in [1.165, 1.54) is 122 Å². The zero-order valence-electron chi connectivity index (χ0n) is 42.0. The lowest BCUT2D eigenvalue weighted by Crippen LogP contribution is -2.15. The molecule has 2 aliphatic carbocycles. The molecule has 0 unspecified atom stereocenters. The number of hydrogen-bond acceptors (Lipinski definition) is 2. The summed E-state index contributed by atoms with van der Waals surface area (Å²) in [4.78, 5) is 9.64. The van der Waals surface area contributed by atoms with Gasteiger partial charge in [0.15, 0.2) is 0 Å². The van der Waals surface area contributed by atoms with E-state index in [0.29, 0.717) is 0 Å².